The summed E-state index contributed by atoms with van der Waals surface area (Å²) < 4.78 is 4.89. The zero-order valence-electron chi connectivity index (χ0n) is 14.0. The number of benzene rings is 1. The molecule has 0 bridgehead atoms. The number of hydrogen-bond donors (Lipinski definition) is 1. The highest BCUT2D eigenvalue weighted by Crippen LogP contribution is 2.25. The van der Waals surface area contributed by atoms with E-state index >= 15 is 0 Å². The lowest BCUT2D eigenvalue weighted by molar-refractivity contribution is -0.139. The first-order chi connectivity index (χ1) is 11.5. The molecule has 5 nitrogen and oxygen atoms in total. The summed E-state index contributed by atoms with van der Waals surface area (Å²) in [5.41, 5.74) is 3.93. The summed E-state index contributed by atoms with van der Waals surface area (Å²) in [4.78, 5) is 27.5. The summed E-state index contributed by atoms with van der Waals surface area (Å²) in [7, 11) is 0. The van der Waals surface area contributed by atoms with Gasteiger partial charge in [0.25, 0.3) is 0 Å². The lowest BCUT2D eigenvalue weighted by Crippen LogP contribution is -2.15. The van der Waals surface area contributed by atoms with Crippen molar-refractivity contribution in [3.05, 3.63) is 60.1 Å². The number of nitrogens with one attached hydrogen (secondary N) is 1. The molecule has 0 saturated heterocycles. The van der Waals surface area contributed by atoms with E-state index in [0.29, 0.717) is 0 Å². The van der Waals surface area contributed by atoms with Gasteiger partial charge in [-0.3, -0.25) is 9.78 Å². The molecule has 2 rings (SSSR count). The molecule has 0 aliphatic carbocycles. The molecular weight excluding hydrogens is 304 g/mol. The highest BCUT2D eigenvalue weighted by atomic mass is 16.5. The van der Waals surface area contributed by atoms with Crippen molar-refractivity contribution in [1.29, 1.82) is 0 Å². The van der Waals surface area contributed by atoms with E-state index in [2.05, 4.69) is 10.3 Å². The first-order valence-corrected chi connectivity index (χ1v) is 7.68. The van der Waals surface area contributed by atoms with Crippen LogP contribution in [-0.2, 0) is 14.3 Å². The second-order valence-corrected chi connectivity index (χ2v) is 5.25. The van der Waals surface area contributed by atoms with Crippen molar-refractivity contribution in [2.45, 2.75) is 20.8 Å². The minimum Gasteiger partial charge on any atom is -0.462 e. The summed E-state index contributed by atoms with van der Waals surface area (Å²) >= 11 is 0. The van der Waals surface area contributed by atoms with Crippen LogP contribution in [0.5, 0.6) is 0 Å². The number of pyridine rings is 1. The van der Waals surface area contributed by atoms with E-state index in [4.69, 9.17) is 4.74 Å². The minimum absolute atomic E-state index is 0.0117. The van der Waals surface area contributed by atoms with Gasteiger partial charge in [-0.25, -0.2) is 4.79 Å². The summed E-state index contributed by atoms with van der Waals surface area (Å²) in [6, 6.07) is 9.66. The molecule has 0 unspecified atom stereocenters. The van der Waals surface area contributed by atoms with Crippen molar-refractivity contribution in [2.24, 2.45) is 0 Å². The van der Waals surface area contributed by atoms with Gasteiger partial charge >= 0.3 is 5.97 Å². The first-order valence-electron chi connectivity index (χ1n) is 7.68. The molecule has 0 aliphatic rings. The number of esters is 1. The highest BCUT2D eigenvalue weighted by Gasteiger charge is 2.15. The van der Waals surface area contributed by atoms with Crippen molar-refractivity contribution in [1.82, 2.24) is 4.98 Å². The van der Waals surface area contributed by atoms with Crippen LogP contribution in [0.25, 0.3) is 11.1 Å². The lowest BCUT2D eigenvalue weighted by atomic mass is 10.0. The second kappa shape index (κ2) is 8.06. The molecule has 1 aromatic carbocycles. The molecule has 1 aromatic heterocycles. The van der Waals surface area contributed by atoms with Crippen LogP contribution >= 0.6 is 0 Å². The van der Waals surface area contributed by atoms with Crippen molar-refractivity contribution >= 4 is 17.4 Å². The van der Waals surface area contributed by atoms with Crippen LogP contribution in [0.1, 0.15) is 19.4 Å². The fourth-order valence-electron chi connectivity index (χ4n) is 2.24. The Morgan fingerprint density at radius 2 is 2.08 bits per heavy atom. The van der Waals surface area contributed by atoms with Gasteiger partial charge in [-0.2, -0.15) is 0 Å². The minimum atomic E-state index is -0.626. The lowest BCUT2D eigenvalue weighted by Gasteiger charge is -2.09. The fourth-order valence-corrected chi connectivity index (χ4v) is 2.24. The zero-order valence-corrected chi connectivity index (χ0v) is 14.0. The van der Waals surface area contributed by atoms with Gasteiger partial charge in [-0.15, -0.1) is 0 Å². The van der Waals surface area contributed by atoms with Gasteiger partial charge in [-0.05, 0) is 55.7 Å². The molecule has 0 spiro atoms. The maximum absolute atomic E-state index is 11.8. The predicted molar refractivity (Wildman–Crippen MR) is 93.4 cm³/mol. The quantitative estimate of drug-likeness (QED) is 0.381. The number of ketones is 1. The van der Waals surface area contributed by atoms with E-state index in [1.165, 1.54) is 13.1 Å². The van der Waals surface area contributed by atoms with Crippen molar-refractivity contribution in [3.63, 3.8) is 0 Å². The number of nitrogens with zero attached hydrogens (tertiary/aromatic N) is 1. The molecular formula is C19H20N2O3. The largest absolute Gasteiger partial charge is 0.462 e. The standard InChI is InChI=1S/C19H20N2O3/c1-4-24-19(23)18(14(3)22)12-21-16-7-5-6-15(10-16)17-8-9-20-11-13(17)2/h5-12,21H,4H2,1-3H3/b18-12-. The zero-order chi connectivity index (χ0) is 17.5. The Bertz CT molecular complexity index is 782. The van der Waals surface area contributed by atoms with Crippen LogP contribution in [0.4, 0.5) is 5.69 Å². The number of aromatic nitrogens is 1. The third-order valence-corrected chi connectivity index (χ3v) is 3.45. The summed E-state index contributed by atoms with van der Waals surface area (Å²) in [5, 5.41) is 3.00. The Morgan fingerprint density at radius 3 is 2.75 bits per heavy atom. The SMILES string of the molecule is CCOC(=O)/C(=C\Nc1cccc(-c2ccncc2C)c1)C(C)=O. The van der Waals surface area contributed by atoms with E-state index < -0.39 is 5.97 Å². The number of Topliss-reactive ketones (excluding diaryl/α,β-unsaturated/α-hetero) is 1. The average molecular weight is 324 g/mol. The predicted octanol–water partition coefficient (Wildman–Crippen LogP) is 3.50. The fraction of sp³-hybridized carbons (Fsp3) is 0.211. The molecule has 24 heavy (non-hydrogen) atoms. The monoisotopic (exact) mass is 324 g/mol. The summed E-state index contributed by atoms with van der Waals surface area (Å²) in [5.74, 6) is -0.972. The van der Waals surface area contributed by atoms with Crippen LogP contribution in [-0.4, -0.2) is 23.3 Å². The van der Waals surface area contributed by atoms with Crippen LogP contribution in [0.2, 0.25) is 0 Å². The van der Waals surface area contributed by atoms with Gasteiger partial charge < -0.3 is 10.1 Å². The van der Waals surface area contributed by atoms with Gasteiger partial charge in [0.15, 0.2) is 5.78 Å². The molecule has 0 amide bonds. The Hall–Kier alpha value is -2.95. The van der Waals surface area contributed by atoms with Crippen LogP contribution in [0, 0.1) is 6.92 Å². The smallest absolute Gasteiger partial charge is 0.343 e. The van der Waals surface area contributed by atoms with Gasteiger partial charge in [0, 0.05) is 24.3 Å². The molecule has 2 aromatic rings. The summed E-state index contributed by atoms with van der Waals surface area (Å²) in [6.07, 6.45) is 4.94. The van der Waals surface area contributed by atoms with Crippen LogP contribution in [0.15, 0.2) is 54.5 Å². The normalized spacial score (nSPS) is 11.0. The first kappa shape index (κ1) is 17.4. The van der Waals surface area contributed by atoms with E-state index in [9.17, 15) is 9.59 Å². The van der Waals surface area contributed by atoms with Gasteiger partial charge in [-0.1, -0.05) is 12.1 Å². The van der Waals surface area contributed by atoms with E-state index in [1.54, 1.807) is 13.1 Å². The van der Waals surface area contributed by atoms with Gasteiger partial charge in [0.2, 0.25) is 0 Å². The maximum Gasteiger partial charge on any atom is 0.343 e. The number of aryl methyl sites for hydroxylation is 1. The molecule has 0 saturated carbocycles. The van der Waals surface area contributed by atoms with Crippen LogP contribution < -0.4 is 5.32 Å². The average Bonchev–Trinajstić information content (AvgIpc) is 2.55. The molecule has 0 aliphatic heterocycles. The number of carbonyl (C=O) groups excluding carboxylic acids is 2. The van der Waals surface area contributed by atoms with Crippen LogP contribution in [0.3, 0.4) is 0 Å². The molecule has 1 N–H and O–H groups in total. The van der Waals surface area contributed by atoms with Crippen molar-refractivity contribution in [3.8, 4) is 11.1 Å². The third kappa shape index (κ3) is 4.29. The van der Waals surface area contributed by atoms with E-state index in [-0.39, 0.29) is 18.0 Å². The number of carbonyl (C=O) groups is 2. The maximum atomic E-state index is 11.8. The van der Waals surface area contributed by atoms with E-state index in [0.717, 1.165) is 22.4 Å². The number of hydrogen-bond acceptors (Lipinski definition) is 5. The molecule has 0 radical (unpaired) electrons. The van der Waals surface area contributed by atoms with Gasteiger partial charge in [0.1, 0.15) is 5.57 Å². The number of ether oxygens (including phenoxy) is 1. The molecule has 0 atom stereocenters. The molecule has 5 heteroatoms. The second-order valence-electron chi connectivity index (χ2n) is 5.25. The molecule has 1 heterocycles. The highest BCUT2D eigenvalue weighted by molar-refractivity contribution is 6.16. The van der Waals surface area contributed by atoms with Crippen molar-refractivity contribution in [2.75, 3.05) is 11.9 Å². The van der Waals surface area contributed by atoms with Gasteiger partial charge in [0.05, 0.1) is 6.61 Å². The Kier molecular flexibility index (Phi) is 5.84. The third-order valence-electron chi connectivity index (χ3n) is 3.45. The number of anilines is 1. The van der Waals surface area contributed by atoms with Crippen molar-refractivity contribution < 1.29 is 14.3 Å². The summed E-state index contributed by atoms with van der Waals surface area (Å²) in [6.45, 7) is 5.25. The molecule has 0 fully saturated rings. The Balaban J connectivity index is 2.26. The Morgan fingerprint density at radius 1 is 1.29 bits per heavy atom. The topological polar surface area (TPSA) is 68.3 Å². The Labute approximate surface area is 141 Å². The van der Waals surface area contributed by atoms with E-state index in [1.807, 2.05) is 43.5 Å². The number of rotatable bonds is 6. The molecule has 124 valence electrons.